The maximum Gasteiger partial charge on any atom is 0.328 e. The highest BCUT2D eigenvalue weighted by atomic mass is 32.1. The highest BCUT2D eigenvalue weighted by Gasteiger charge is 2.38. The summed E-state index contributed by atoms with van der Waals surface area (Å²) >= 11 is 1.71. The van der Waals surface area contributed by atoms with Crippen molar-refractivity contribution in [3.05, 3.63) is 29.3 Å². The summed E-state index contributed by atoms with van der Waals surface area (Å²) in [5, 5.41) is 1.08. The lowest BCUT2D eigenvalue weighted by Crippen LogP contribution is -2.41. The SMILES string of the molecule is CN1CC(=O)N(CN2CCCC2c2nc3ccccc3s2)C1=O. The summed E-state index contributed by atoms with van der Waals surface area (Å²) in [5.74, 6) is -0.118. The normalized spacial score (nSPS) is 22.7. The second-order valence-corrected chi connectivity index (χ2v) is 7.15. The van der Waals surface area contributed by atoms with Crippen molar-refractivity contribution in [3.63, 3.8) is 0 Å². The first-order chi connectivity index (χ1) is 11.1. The number of likely N-dealkylation sites (tertiary alicyclic amines) is 1. The van der Waals surface area contributed by atoms with Gasteiger partial charge in [-0.05, 0) is 25.0 Å². The molecule has 3 amide bonds. The summed E-state index contributed by atoms with van der Waals surface area (Å²) in [6.45, 7) is 1.43. The summed E-state index contributed by atoms with van der Waals surface area (Å²) < 4.78 is 1.18. The third kappa shape index (κ3) is 2.49. The molecular formula is C16H18N4O2S. The van der Waals surface area contributed by atoms with E-state index in [1.807, 2.05) is 18.2 Å². The fourth-order valence-corrected chi connectivity index (χ4v) is 4.43. The van der Waals surface area contributed by atoms with Crippen LogP contribution in [0, 0.1) is 0 Å². The zero-order valence-corrected chi connectivity index (χ0v) is 13.8. The van der Waals surface area contributed by atoms with Crippen LogP contribution in [0.3, 0.4) is 0 Å². The van der Waals surface area contributed by atoms with E-state index in [0.717, 1.165) is 29.9 Å². The standard InChI is InChI=1S/C16H18N4O2S/c1-18-9-14(21)20(16(18)22)10-19-8-4-6-12(19)15-17-11-5-2-3-7-13(11)23-15/h2-3,5,7,12H,4,6,8-10H2,1H3. The van der Waals surface area contributed by atoms with Crippen molar-refractivity contribution in [3.8, 4) is 0 Å². The van der Waals surface area contributed by atoms with Crippen LogP contribution >= 0.6 is 11.3 Å². The molecule has 0 aliphatic carbocycles. The Morgan fingerprint density at radius 3 is 2.87 bits per heavy atom. The topological polar surface area (TPSA) is 56.8 Å². The van der Waals surface area contributed by atoms with Crippen molar-refractivity contribution in [2.75, 3.05) is 26.8 Å². The number of aromatic nitrogens is 1. The van der Waals surface area contributed by atoms with E-state index in [9.17, 15) is 9.59 Å². The van der Waals surface area contributed by atoms with E-state index >= 15 is 0 Å². The summed E-state index contributed by atoms with van der Waals surface area (Å²) in [6, 6.07) is 8.11. The molecule has 120 valence electrons. The number of amides is 3. The summed E-state index contributed by atoms with van der Waals surface area (Å²) in [5.41, 5.74) is 1.02. The van der Waals surface area contributed by atoms with E-state index in [4.69, 9.17) is 4.98 Å². The Bertz CT molecular complexity index is 741. The van der Waals surface area contributed by atoms with Gasteiger partial charge in [-0.25, -0.2) is 14.7 Å². The molecule has 2 aliphatic rings. The van der Waals surface area contributed by atoms with Crippen LogP contribution in [0.25, 0.3) is 10.2 Å². The third-order valence-corrected chi connectivity index (χ3v) is 5.65. The maximum atomic E-state index is 12.1. The van der Waals surface area contributed by atoms with Crippen molar-refractivity contribution < 1.29 is 9.59 Å². The van der Waals surface area contributed by atoms with Crippen molar-refractivity contribution in [2.45, 2.75) is 18.9 Å². The molecule has 4 rings (SSSR count). The second-order valence-electron chi connectivity index (χ2n) is 6.09. The first-order valence-electron chi connectivity index (χ1n) is 7.78. The van der Waals surface area contributed by atoms with Gasteiger partial charge in [0.1, 0.15) is 11.6 Å². The molecule has 0 spiro atoms. The van der Waals surface area contributed by atoms with Gasteiger partial charge in [0.05, 0.1) is 22.9 Å². The molecule has 0 radical (unpaired) electrons. The smallest absolute Gasteiger partial charge is 0.318 e. The number of hydrogen-bond donors (Lipinski definition) is 0. The van der Waals surface area contributed by atoms with E-state index in [2.05, 4.69) is 11.0 Å². The summed E-state index contributed by atoms with van der Waals surface area (Å²) in [6.07, 6.45) is 2.08. The van der Waals surface area contributed by atoms with Crippen LogP contribution in [0.5, 0.6) is 0 Å². The van der Waals surface area contributed by atoms with Crippen molar-refractivity contribution in [1.82, 2.24) is 19.7 Å². The molecule has 2 saturated heterocycles. The van der Waals surface area contributed by atoms with Crippen LogP contribution in [-0.4, -0.2) is 58.4 Å². The highest BCUT2D eigenvalue weighted by Crippen LogP contribution is 2.36. The number of carbonyl (C=O) groups is 2. The molecule has 3 heterocycles. The van der Waals surface area contributed by atoms with E-state index in [1.165, 1.54) is 14.5 Å². The molecule has 0 N–H and O–H groups in total. The van der Waals surface area contributed by atoms with Crippen LogP contribution in [-0.2, 0) is 4.79 Å². The molecule has 2 fully saturated rings. The zero-order chi connectivity index (χ0) is 16.0. The predicted molar refractivity (Wildman–Crippen MR) is 88.0 cm³/mol. The van der Waals surface area contributed by atoms with Crippen LogP contribution in [0.1, 0.15) is 23.9 Å². The third-order valence-electron chi connectivity index (χ3n) is 4.51. The Balaban J connectivity index is 1.57. The lowest BCUT2D eigenvalue weighted by Gasteiger charge is -2.26. The molecule has 23 heavy (non-hydrogen) atoms. The number of thiazole rings is 1. The first-order valence-corrected chi connectivity index (χ1v) is 8.60. The average Bonchev–Trinajstić information content (AvgIpc) is 3.22. The van der Waals surface area contributed by atoms with Crippen LogP contribution in [0.2, 0.25) is 0 Å². The number of hydrogen-bond acceptors (Lipinski definition) is 5. The quantitative estimate of drug-likeness (QED) is 0.810. The van der Waals surface area contributed by atoms with Crippen molar-refractivity contribution >= 4 is 33.5 Å². The number of nitrogens with zero attached hydrogens (tertiary/aromatic N) is 4. The number of rotatable bonds is 3. The number of para-hydroxylation sites is 1. The fraction of sp³-hybridized carbons (Fsp3) is 0.438. The molecule has 1 aromatic heterocycles. The zero-order valence-electron chi connectivity index (χ0n) is 12.9. The molecule has 1 aromatic carbocycles. The number of benzene rings is 1. The number of urea groups is 1. The van der Waals surface area contributed by atoms with Crippen LogP contribution < -0.4 is 0 Å². The molecule has 2 aliphatic heterocycles. The Labute approximate surface area is 138 Å². The minimum atomic E-state index is -0.204. The van der Waals surface area contributed by atoms with Gasteiger partial charge in [0.25, 0.3) is 5.91 Å². The fourth-order valence-electron chi connectivity index (χ4n) is 3.30. The molecule has 0 bridgehead atoms. The predicted octanol–water partition coefficient (Wildman–Crippen LogP) is 2.28. The number of likely N-dealkylation sites (N-methyl/N-ethyl adjacent to an activating group) is 1. The largest absolute Gasteiger partial charge is 0.328 e. The molecule has 1 unspecified atom stereocenters. The minimum Gasteiger partial charge on any atom is -0.318 e. The van der Waals surface area contributed by atoms with Gasteiger partial charge in [0.15, 0.2) is 0 Å². The molecule has 7 heteroatoms. The van der Waals surface area contributed by atoms with E-state index in [0.29, 0.717) is 6.67 Å². The van der Waals surface area contributed by atoms with Gasteiger partial charge in [-0.1, -0.05) is 12.1 Å². The minimum absolute atomic E-state index is 0.118. The Morgan fingerprint density at radius 2 is 2.13 bits per heavy atom. The lowest BCUT2D eigenvalue weighted by atomic mass is 10.2. The van der Waals surface area contributed by atoms with Gasteiger partial charge >= 0.3 is 6.03 Å². The number of carbonyl (C=O) groups excluding carboxylic acids is 2. The molecular weight excluding hydrogens is 312 g/mol. The Hall–Kier alpha value is -1.99. The molecule has 1 atom stereocenters. The second kappa shape index (κ2) is 5.58. The molecule has 6 nitrogen and oxygen atoms in total. The number of fused-ring (bicyclic) bond motifs is 1. The number of imide groups is 1. The van der Waals surface area contributed by atoms with Gasteiger partial charge < -0.3 is 4.90 Å². The highest BCUT2D eigenvalue weighted by molar-refractivity contribution is 7.18. The maximum absolute atomic E-state index is 12.1. The first kappa shape index (κ1) is 14.6. The van der Waals surface area contributed by atoms with Gasteiger partial charge in [0, 0.05) is 13.6 Å². The van der Waals surface area contributed by atoms with E-state index in [-0.39, 0.29) is 24.5 Å². The summed E-state index contributed by atoms with van der Waals surface area (Å²) in [7, 11) is 1.66. The van der Waals surface area contributed by atoms with Gasteiger partial charge in [-0.15, -0.1) is 11.3 Å². The van der Waals surface area contributed by atoms with Crippen molar-refractivity contribution in [2.24, 2.45) is 0 Å². The van der Waals surface area contributed by atoms with Crippen molar-refractivity contribution in [1.29, 1.82) is 0 Å². The van der Waals surface area contributed by atoms with Crippen LogP contribution in [0.15, 0.2) is 24.3 Å². The lowest BCUT2D eigenvalue weighted by molar-refractivity contribution is -0.126. The van der Waals surface area contributed by atoms with Crippen LogP contribution in [0.4, 0.5) is 4.79 Å². The Morgan fingerprint density at radius 1 is 1.30 bits per heavy atom. The van der Waals surface area contributed by atoms with Gasteiger partial charge in [-0.3, -0.25) is 9.69 Å². The van der Waals surface area contributed by atoms with Gasteiger partial charge in [0.2, 0.25) is 0 Å². The Kier molecular flexibility index (Phi) is 3.54. The van der Waals surface area contributed by atoms with E-state index < -0.39 is 0 Å². The molecule has 0 saturated carbocycles. The van der Waals surface area contributed by atoms with Gasteiger partial charge in [-0.2, -0.15) is 0 Å². The average molecular weight is 330 g/mol. The molecule has 2 aromatic rings. The summed E-state index contributed by atoms with van der Waals surface area (Å²) in [4.78, 5) is 33.8. The van der Waals surface area contributed by atoms with E-state index in [1.54, 1.807) is 18.4 Å². The monoisotopic (exact) mass is 330 g/mol.